The summed E-state index contributed by atoms with van der Waals surface area (Å²) in [5, 5.41) is 2.83. The normalized spacial score (nSPS) is 13.7. The van der Waals surface area contributed by atoms with Crippen LogP contribution < -0.4 is 10.1 Å². The molecule has 114 valence electrons. The Morgan fingerprint density at radius 2 is 2.09 bits per heavy atom. The summed E-state index contributed by atoms with van der Waals surface area (Å²) in [6.45, 7) is 0.865. The lowest BCUT2D eigenvalue weighted by atomic mass is 10.1. The van der Waals surface area contributed by atoms with Gasteiger partial charge in [-0.25, -0.2) is 4.39 Å². The highest BCUT2D eigenvalue weighted by Crippen LogP contribution is 2.28. The number of hydrogen-bond donors (Lipinski definition) is 1. The molecule has 0 bridgehead atoms. The van der Waals surface area contributed by atoms with E-state index in [9.17, 15) is 9.18 Å². The quantitative estimate of drug-likeness (QED) is 0.835. The lowest BCUT2D eigenvalue weighted by Gasteiger charge is -2.08. The number of pyridine rings is 1. The van der Waals surface area contributed by atoms with Gasteiger partial charge in [0.1, 0.15) is 18.2 Å². The molecular weight excluding hydrogens is 283 g/mol. The van der Waals surface area contributed by atoms with Crippen LogP contribution in [-0.4, -0.2) is 24.0 Å². The number of nitrogens with zero attached hydrogens (tertiary/aromatic N) is 1. The Kier molecular flexibility index (Phi) is 4.32. The summed E-state index contributed by atoms with van der Waals surface area (Å²) in [7, 11) is 0. The fourth-order valence-corrected chi connectivity index (χ4v) is 2.13. The fraction of sp³-hybridized carbons (Fsp3) is 0.294. The number of benzene rings is 1. The third-order valence-corrected chi connectivity index (χ3v) is 3.50. The lowest BCUT2D eigenvalue weighted by Crippen LogP contribution is -2.29. The van der Waals surface area contributed by atoms with Crippen LogP contribution in [0.25, 0.3) is 11.3 Å². The highest BCUT2D eigenvalue weighted by molar-refractivity contribution is 5.80. The number of ether oxygens (including phenoxy) is 1. The number of carbonyl (C=O) groups is 1. The van der Waals surface area contributed by atoms with E-state index in [1.54, 1.807) is 36.5 Å². The first-order valence-corrected chi connectivity index (χ1v) is 7.35. The standard InChI is InChI=1S/C17H17FN2O2/c18-15-4-2-1-3-14(15)16-8-7-13(11-20-16)22-10-9-19-17(21)12-5-6-12/h1-4,7-8,11-12H,5-6,9-10H2,(H,19,21). The molecule has 4 nitrogen and oxygen atoms in total. The molecule has 1 fully saturated rings. The monoisotopic (exact) mass is 300 g/mol. The predicted molar refractivity (Wildman–Crippen MR) is 80.9 cm³/mol. The van der Waals surface area contributed by atoms with Crippen molar-refractivity contribution in [2.24, 2.45) is 5.92 Å². The Labute approximate surface area is 128 Å². The maximum Gasteiger partial charge on any atom is 0.223 e. The summed E-state index contributed by atoms with van der Waals surface area (Å²) in [6.07, 6.45) is 3.55. The zero-order chi connectivity index (χ0) is 15.4. The van der Waals surface area contributed by atoms with Gasteiger partial charge in [-0.05, 0) is 37.1 Å². The minimum absolute atomic E-state index is 0.108. The number of nitrogens with one attached hydrogen (secondary N) is 1. The van der Waals surface area contributed by atoms with Crippen molar-refractivity contribution >= 4 is 5.91 Å². The Balaban J connectivity index is 1.51. The first-order valence-electron chi connectivity index (χ1n) is 7.35. The van der Waals surface area contributed by atoms with Crippen molar-refractivity contribution in [1.29, 1.82) is 0 Å². The molecule has 1 heterocycles. The smallest absolute Gasteiger partial charge is 0.223 e. The van der Waals surface area contributed by atoms with Gasteiger partial charge in [0.2, 0.25) is 5.91 Å². The molecule has 3 rings (SSSR count). The molecule has 1 aliphatic rings. The van der Waals surface area contributed by atoms with E-state index < -0.39 is 0 Å². The molecule has 0 spiro atoms. The molecule has 5 heteroatoms. The molecular formula is C17H17FN2O2. The van der Waals surface area contributed by atoms with E-state index in [-0.39, 0.29) is 17.6 Å². The highest BCUT2D eigenvalue weighted by Gasteiger charge is 2.28. The second-order valence-corrected chi connectivity index (χ2v) is 5.27. The predicted octanol–water partition coefficient (Wildman–Crippen LogP) is 2.79. The number of rotatable bonds is 6. The van der Waals surface area contributed by atoms with Gasteiger partial charge in [0, 0.05) is 11.5 Å². The van der Waals surface area contributed by atoms with Crippen LogP contribution in [0.5, 0.6) is 5.75 Å². The molecule has 1 N–H and O–H groups in total. The van der Waals surface area contributed by atoms with Crippen molar-refractivity contribution < 1.29 is 13.9 Å². The van der Waals surface area contributed by atoms with Gasteiger partial charge < -0.3 is 10.1 Å². The van der Waals surface area contributed by atoms with Crippen molar-refractivity contribution in [2.75, 3.05) is 13.2 Å². The average Bonchev–Trinajstić information content (AvgIpc) is 3.37. The first-order chi connectivity index (χ1) is 10.7. The van der Waals surface area contributed by atoms with Crippen molar-refractivity contribution in [3.05, 3.63) is 48.4 Å². The Morgan fingerprint density at radius 3 is 2.77 bits per heavy atom. The molecule has 22 heavy (non-hydrogen) atoms. The number of carbonyl (C=O) groups excluding carboxylic acids is 1. The summed E-state index contributed by atoms with van der Waals surface area (Å²) in [4.78, 5) is 15.6. The van der Waals surface area contributed by atoms with Gasteiger partial charge in [0.25, 0.3) is 0 Å². The molecule has 1 amide bonds. The van der Waals surface area contributed by atoms with Gasteiger partial charge >= 0.3 is 0 Å². The van der Waals surface area contributed by atoms with Crippen LogP contribution in [0, 0.1) is 11.7 Å². The fourth-order valence-electron chi connectivity index (χ4n) is 2.13. The van der Waals surface area contributed by atoms with Crippen LogP contribution in [0.1, 0.15) is 12.8 Å². The average molecular weight is 300 g/mol. The molecule has 1 aliphatic carbocycles. The van der Waals surface area contributed by atoms with E-state index in [1.807, 2.05) is 0 Å². The summed E-state index contributed by atoms with van der Waals surface area (Å²) in [5.74, 6) is 0.616. The highest BCUT2D eigenvalue weighted by atomic mass is 19.1. The van der Waals surface area contributed by atoms with Gasteiger partial charge in [-0.3, -0.25) is 9.78 Å². The van der Waals surface area contributed by atoms with Crippen molar-refractivity contribution in [3.8, 4) is 17.0 Å². The van der Waals surface area contributed by atoms with E-state index in [1.165, 1.54) is 6.07 Å². The Hall–Kier alpha value is -2.43. The van der Waals surface area contributed by atoms with Crippen LogP contribution in [0.4, 0.5) is 4.39 Å². The summed E-state index contributed by atoms with van der Waals surface area (Å²) < 4.78 is 19.2. The SMILES string of the molecule is O=C(NCCOc1ccc(-c2ccccc2F)nc1)C1CC1. The maximum atomic E-state index is 13.7. The largest absolute Gasteiger partial charge is 0.490 e. The summed E-state index contributed by atoms with van der Waals surface area (Å²) >= 11 is 0. The number of amides is 1. The summed E-state index contributed by atoms with van der Waals surface area (Å²) in [6, 6.07) is 9.98. The van der Waals surface area contributed by atoms with E-state index in [0.717, 1.165) is 12.8 Å². The third kappa shape index (κ3) is 3.61. The van der Waals surface area contributed by atoms with E-state index in [0.29, 0.717) is 30.2 Å². The van der Waals surface area contributed by atoms with E-state index >= 15 is 0 Å². The molecule has 2 aromatic rings. The number of halogens is 1. The van der Waals surface area contributed by atoms with Crippen LogP contribution in [0.2, 0.25) is 0 Å². The Bertz CT molecular complexity index is 654. The van der Waals surface area contributed by atoms with E-state index in [2.05, 4.69) is 10.3 Å². The van der Waals surface area contributed by atoms with Gasteiger partial charge in [0.15, 0.2) is 0 Å². The molecule has 0 atom stereocenters. The molecule has 1 aromatic carbocycles. The minimum atomic E-state index is -0.300. The summed E-state index contributed by atoms with van der Waals surface area (Å²) in [5.41, 5.74) is 1.03. The topological polar surface area (TPSA) is 51.2 Å². The van der Waals surface area contributed by atoms with Crippen LogP contribution in [-0.2, 0) is 4.79 Å². The molecule has 1 saturated carbocycles. The van der Waals surface area contributed by atoms with E-state index in [4.69, 9.17) is 4.74 Å². The zero-order valence-corrected chi connectivity index (χ0v) is 12.1. The first kappa shape index (κ1) is 14.5. The van der Waals surface area contributed by atoms with Crippen LogP contribution >= 0.6 is 0 Å². The maximum absolute atomic E-state index is 13.7. The second-order valence-electron chi connectivity index (χ2n) is 5.27. The molecule has 0 saturated heterocycles. The van der Waals surface area contributed by atoms with Gasteiger partial charge in [0.05, 0.1) is 18.4 Å². The van der Waals surface area contributed by atoms with Gasteiger partial charge in [-0.15, -0.1) is 0 Å². The second kappa shape index (κ2) is 6.56. The Morgan fingerprint density at radius 1 is 1.27 bits per heavy atom. The van der Waals surface area contributed by atoms with Gasteiger partial charge in [-0.1, -0.05) is 12.1 Å². The van der Waals surface area contributed by atoms with Crippen molar-refractivity contribution in [3.63, 3.8) is 0 Å². The molecule has 1 aromatic heterocycles. The number of hydrogen-bond acceptors (Lipinski definition) is 3. The number of aromatic nitrogens is 1. The van der Waals surface area contributed by atoms with Crippen molar-refractivity contribution in [1.82, 2.24) is 10.3 Å². The molecule has 0 aliphatic heterocycles. The lowest BCUT2D eigenvalue weighted by molar-refractivity contribution is -0.122. The van der Waals surface area contributed by atoms with Crippen LogP contribution in [0.15, 0.2) is 42.6 Å². The zero-order valence-electron chi connectivity index (χ0n) is 12.1. The third-order valence-electron chi connectivity index (χ3n) is 3.50. The molecule has 0 unspecified atom stereocenters. The molecule has 0 radical (unpaired) electrons. The minimum Gasteiger partial charge on any atom is -0.490 e. The van der Waals surface area contributed by atoms with Crippen LogP contribution in [0.3, 0.4) is 0 Å². The van der Waals surface area contributed by atoms with Gasteiger partial charge in [-0.2, -0.15) is 0 Å². The van der Waals surface area contributed by atoms with Crippen molar-refractivity contribution in [2.45, 2.75) is 12.8 Å².